The van der Waals surface area contributed by atoms with Gasteiger partial charge in [-0.3, -0.25) is 0 Å². The monoisotopic (exact) mass is 429 g/mol. The number of carbonyl (C=O) groups is 1. The molecule has 7 nitrogen and oxygen atoms in total. The fourth-order valence-corrected chi connectivity index (χ4v) is 5.80. The lowest BCUT2D eigenvalue weighted by Crippen LogP contribution is -2.38. The van der Waals surface area contributed by atoms with Crippen molar-refractivity contribution in [2.45, 2.75) is 4.90 Å². The van der Waals surface area contributed by atoms with Gasteiger partial charge in [-0.05, 0) is 24.3 Å². The van der Waals surface area contributed by atoms with Crippen LogP contribution < -0.4 is 0 Å². The first kappa shape index (κ1) is 19.7. The fourth-order valence-electron chi connectivity index (χ4n) is 3.15. The average Bonchev–Trinajstić information content (AvgIpc) is 3.25. The summed E-state index contributed by atoms with van der Waals surface area (Å²) in [7, 11) is -3.78. The lowest BCUT2D eigenvalue weighted by molar-refractivity contribution is 0.0696. The van der Waals surface area contributed by atoms with E-state index in [0.29, 0.717) is 24.5 Å². The van der Waals surface area contributed by atoms with Gasteiger partial charge >= 0.3 is 5.97 Å². The van der Waals surface area contributed by atoms with Gasteiger partial charge in [-0.2, -0.15) is 21.2 Å². The van der Waals surface area contributed by atoms with Gasteiger partial charge < -0.3 is 5.11 Å². The molecule has 0 spiro atoms. The summed E-state index contributed by atoms with van der Waals surface area (Å²) in [6, 6.07) is 15.5. The second-order valence-electron chi connectivity index (χ2n) is 6.55. The molecule has 0 unspecified atom stereocenters. The number of thioether (sulfide) groups is 1. The van der Waals surface area contributed by atoms with Crippen LogP contribution in [0.15, 0.2) is 65.7 Å². The molecule has 2 heterocycles. The Kier molecular flexibility index (Phi) is 5.44. The first-order chi connectivity index (χ1) is 13.9. The van der Waals surface area contributed by atoms with E-state index in [1.165, 1.54) is 27.2 Å². The zero-order chi connectivity index (χ0) is 20.4. The third-order valence-electron chi connectivity index (χ3n) is 4.67. The number of aromatic carboxylic acids is 1. The van der Waals surface area contributed by atoms with Gasteiger partial charge in [0.05, 0.1) is 21.8 Å². The first-order valence-corrected chi connectivity index (χ1v) is 11.6. The van der Waals surface area contributed by atoms with Crippen molar-refractivity contribution in [1.29, 1.82) is 0 Å². The minimum atomic E-state index is -3.78. The predicted molar refractivity (Wildman–Crippen MR) is 112 cm³/mol. The Morgan fingerprint density at radius 2 is 1.76 bits per heavy atom. The number of carboxylic acid groups (broad SMARTS) is 1. The second kappa shape index (κ2) is 8.02. The highest BCUT2D eigenvalue weighted by Crippen LogP contribution is 2.25. The van der Waals surface area contributed by atoms with Crippen LogP contribution in [0.2, 0.25) is 0 Å². The number of nitrogens with zero attached hydrogens (tertiary/aromatic N) is 3. The van der Waals surface area contributed by atoms with E-state index in [1.807, 2.05) is 30.3 Å². The average molecular weight is 430 g/mol. The number of hydrogen-bond acceptors (Lipinski definition) is 5. The van der Waals surface area contributed by atoms with Crippen LogP contribution >= 0.6 is 11.8 Å². The normalized spacial score (nSPS) is 15.3. The topological polar surface area (TPSA) is 92.5 Å². The third-order valence-corrected chi connectivity index (χ3v) is 7.49. The largest absolute Gasteiger partial charge is 0.478 e. The van der Waals surface area contributed by atoms with Gasteiger partial charge in [0, 0.05) is 36.4 Å². The molecule has 4 rings (SSSR count). The fraction of sp³-hybridized carbons (Fsp3) is 0.200. The predicted octanol–water partition coefficient (Wildman–Crippen LogP) is 2.98. The van der Waals surface area contributed by atoms with E-state index < -0.39 is 16.0 Å². The molecule has 2 aromatic carbocycles. The maximum absolute atomic E-state index is 13.1. The van der Waals surface area contributed by atoms with Crippen LogP contribution in [0.5, 0.6) is 0 Å². The number of rotatable bonds is 5. The molecule has 29 heavy (non-hydrogen) atoms. The molecule has 150 valence electrons. The zero-order valence-corrected chi connectivity index (χ0v) is 17.1. The molecule has 1 aromatic heterocycles. The minimum Gasteiger partial charge on any atom is -0.478 e. The summed E-state index contributed by atoms with van der Waals surface area (Å²) in [4.78, 5) is 11.6. The molecule has 0 amide bonds. The van der Waals surface area contributed by atoms with Crippen molar-refractivity contribution in [1.82, 2.24) is 14.1 Å². The van der Waals surface area contributed by atoms with Crippen molar-refractivity contribution >= 4 is 27.8 Å². The van der Waals surface area contributed by atoms with Gasteiger partial charge in [-0.25, -0.2) is 17.9 Å². The van der Waals surface area contributed by atoms with Crippen molar-refractivity contribution in [3.63, 3.8) is 0 Å². The quantitative estimate of drug-likeness (QED) is 0.670. The van der Waals surface area contributed by atoms with Crippen LogP contribution in [0, 0.1) is 0 Å². The number of hydrogen-bond donors (Lipinski definition) is 1. The molecule has 1 aliphatic heterocycles. The summed E-state index contributed by atoms with van der Waals surface area (Å²) >= 11 is 1.70. The Balaban J connectivity index is 1.77. The van der Waals surface area contributed by atoms with Gasteiger partial charge in [0.1, 0.15) is 0 Å². The molecule has 0 radical (unpaired) electrons. The van der Waals surface area contributed by atoms with Crippen molar-refractivity contribution in [2.75, 3.05) is 24.6 Å². The van der Waals surface area contributed by atoms with E-state index >= 15 is 0 Å². The lowest BCUT2D eigenvalue weighted by atomic mass is 10.2. The van der Waals surface area contributed by atoms with Gasteiger partial charge in [0.15, 0.2) is 0 Å². The summed E-state index contributed by atoms with van der Waals surface area (Å²) in [6.45, 7) is 0.832. The molecule has 1 aliphatic rings. The lowest BCUT2D eigenvalue weighted by Gasteiger charge is -2.26. The van der Waals surface area contributed by atoms with E-state index in [1.54, 1.807) is 24.0 Å². The standard InChI is InChI=1S/C20H19N3O4S2/c24-20(25)16-12-17(23-7-6-19(21-23)15-4-2-1-3-5-15)14-18(13-16)29(26,27)22-8-10-28-11-9-22/h1-7,12-14H,8-11H2,(H,24,25). The Morgan fingerprint density at radius 3 is 2.45 bits per heavy atom. The molecule has 0 aliphatic carbocycles. The minimum absolute atomic E-state index is 0.0314. The summed E-state index contributed by atoms with van der Waals surface area (Å²) in [6.07, 6.45) is 1.69. The SMILES string of the molecule is O=C(O)c1cc(-n2ccc(-c3ccccc3)n2)cc(S(=O)(=O)N2CCSCC2)c1. The van der Waals surface area contributed by atoms with Crippen LogP contribution in [0.1, 0.15) is 10.4 Å². The highest BCUT2D eigenvalue weighted by atomic mass is 32.2. The molecular formula is C20H19N3O4S2. The van der Waals surface area contributed by atoms with Crippen molar-refractivity contribution in [3.05, 3.63) is 66.4 Å². The molecule has 0 bridgehead atoms. The van der Waals surface area contributed by atoms with E-state index in [4.69, 9.17) is 0 Å². The molecule has 1 saturated heterocycles. The van der Waals surface area contributed by atoms with E-state index in [-0.39, 0.29) is 10.5 Å². The third kappa shape index (κ3) is 4.07. The number of benzene rings is 2. The van der Waals surface area contributed by atoms with E-state index in [9.17, 15) is 18.3 Å². The molecule has 9 heteroatoms. The van der Waals surface area contributed by atoms with Crippen molar-refractivity contribution in [3.8, 4) is 16.9 Å². The van der Waals surface area contributed by atoms with Crippen LogP contribution in [0.4, 0.5) is 0 Å². The Labute approximate surface area is 173 Å². The molecule has 1 N–H and O–H groups in total. The maximum Gasteiger partial charge on any atom is 0.335 e. The van der Waals surface area contributed by atoms with Crippen molar-refractivity contribution in [2.24, 2.45) is 0 Å². The van der Waals surface area contributed by atoms with Crippen LogP contribution in [-0.2, 0) is 10.0 Å². The van der Waals surface area contributed by atoms with Crippen LogP contribution in [0.3, 0.4) is 0 Å². The smallest absolute Gasteiger partial charge is 0.335 e. The van der Waals surface area contributed by atoms with E-state index in [0.717, 1.165) is 17.1 Å². The Bertz CT molecular complexity index is 1140. The second-order valence-corrected chi connectivity index (χ2v) is 9.71. The van der Waals surface area contributed by atoms with Gasteiger partial charge in [0.2, 0.25) is 10.0 Å². The van der Waals surface area contributed by atoms with Gasteiger partial charge in [-0.15, -0.1) is 0 Å². The Morgan fingerprint density at radius 1 is 1.03 bits per heavy atom. The Hall–Kier alpha value is -2.62. The number of aromatic nitrogens is 2. The molecule has 0 saturated carbocycles. The molecule has 3 aromatic rings. The van der Waals surface area contributed by atoms with Crippen LogP contribution in [0.25, 0.3) is 16.9 Å². The highest BCUT2D eigenvalue weighted by Gasteiger charge is 2.27. The summed E-state index contributed by atoms with van der Waals surface area (Å²) in [5.41, 5.74) is 1.92. The van der Waals surface area contributed by atoms with Gasteiger partial charge in [-0.1, -0.05) is 30.3 Å². The molecular weight excluding hydrogens is 410 g/mol. The number of sulfonamides is 1. The zero-order valence-electron chi connectivity index (χ0n) is 15.4. The summed E-state index contributed by atoms with van der Waals surface area (Å²) < 4.78 is 29.0. The maximum atomic E-state index is 13.1. The first-order valence-electron chi connectivity index (χ1n) is 9.03. The van der Waals surface area contributed by atoms with Crippen LogP contribution in [-0.4, -0.2) is 58.2 Å². The number of carboxylic acids is 1. The molecule has 0 atom stereocenters. The highest BCUT2D eigenvalue weighted by molar-refractivity contribution is 7.99. The summed E-state index contributed by atoms with van der Waals surface area (Å²) in [5.74, 6) is 0.266. The van der Waals surface area contributed by atoms with Crippen molar-refractivity contribution < 1.29 is 18.3 Å². The molecule has 1 fully saturated rings. The van der Waals surface area contributed by atoms with E-state index in [2.05, 4.69) is 5.10 Å². The van der Waals surface area contributed by atoms with Gasteiger partial charge in [0.25, 0.3) is 0 Å². The summed E-state index contributed by atoms with van der Waals surface area (Å²) in [5, 5.41) is 14.0.